The average Bonchev–Trinajstić information content (AvgIpc) is 2.88. The maximum Gasteiger partial charge on any atom is 0.228 e. The Morgan fingerprint density at radius 1 is 1.21 bits per heavy atom. The Balaban J connectivity index is 2.09. The third kappa shape index (κ3) is 2.31. The van der Waals surface area contributed by atoms with Crippen LogP contribution in [0, 0.1) is 6.92 Å². The van der Waals surface area contributed by atoms with Crippen LogP contribution >= 0.6 is 11.6 Å². The number of hydrogen-bond donors (Lipinski definition) is 0. The summed E-state index contributed by atoms with van der Waals surface area (Å²) in [6.45, 7) is 2.05. The third-order valence-corrected chi connectivity index (χ3v) is 3.12. The van der Waals surface area contributed by atoms with Crippen LogP contribution in [0.25, 0.3) is 22.4 Å². The molecule has 19 heavy (non-hydrogen) atoms. The van der Waals surface area contributed by atoms with Crippen LogP contribution < -0.4 is 0 Å². The van der Waals surface area contributed by atoms with Gasteiger partial charge in [-0.3, -0.25) is 0 Å². The lowest BCUT2D eigenvalue weighted by atomic mass is 10.1. The highest BCUT2D eigenvalue weighted by Gasteiger charge is 2.11. The number of alkyl halides is 1. The quantitative estimate of drug-likeness (QED) is 0.687. The molecule has 0 spiro atoms. The molecule has 0 radical (unpaired) electrons. The summed E-state index contributed by atoms with van der Waals surface area (Å²) >= 11 is 5.65. The molecule has 5 heteroatoms. The van der Waals surface area contributed by atoms with Crippen molar-refractivity contribution in [2.45, 2.75) is 13.3 Å². The van der Waals surface area contributed by atoms with E-state index in [4.69, 9.17) is 16.1 Å². The van der Waals surface area contributed by atoms with E-state index in [1.54, 1.807) is 0 Å². The van der Waals surface area contributed by atoms with Gasteiger partial charge in [0, 0.05) is 17.7 Å². The second-order valence-corrected chi connectivity index (χ2v) is 4.67. The Kier molecular flexibility index (Phi) is 3.17. The number of para-hydroxylation sites is 1. The normalized spacial score (nSPS) is 11.1. The molecule has 3 rings (SSSR count). The number of nitrogens with zero attached hydrogens (tertiary/aromatic N) is 3. The SMILES string of the molecule is Cc1cc(-c2noc(CCCl)n2)nc2ccccc12. The first-order valence-electron chi connectivity index (χ1n) is 6.03. The fraction of sp³-hybridized carbons (Fsp3) is 0.214. The summed E-state index contributed by atoms with van der Waals surface area (Å²) in [4.78, 5) is 8.86. The van der Waals surface area contributed by atoms with Crippen LogP contribution in [0.5, 0.6) is 0 Å². The van der Waals surface area contributed by atoms with E-state index in [-0.39, 0.29) is 0 Å². The van der Waals surface area contributed by atoms with Gasteiger partial charge in [0.25, 0.3) is 0 Å². The van der Waals surface area contributed by atoms with Gasteiger partial charge in [-0.25, -0.2) is 4.98 Å². The van der Waals surface area contributed by atoms with Crippen molar-refractivity contribution >= 4 is 22.5 Å². The van der Waals surface area contributed by atoms with E-state index in [0.29, 0.717) is 24.0 Å². The standard InChI is InChI=1S/C14H12ClN3O/c1-9-8-12(14-17-13(6-7-15)19-18-14)16-11-5-3-2-4-10(9)11/h2-5,8H,6-7H2,1H3. The van der Waals surface area contributed by atoms with Gasteiger partial charge in [-0.2, -0.15) is 4.98 Å². The number of hydrogen-bond acceptors (Lipinski definition) is 4. The minimum atomic E-state index is 0.464. The number of halogens is 1. The monoisotopic (exact) mass is 273 g/mol. The van der Waals surface area contributed by atoms with Crippen LogP contribution in [-0.2, 0) is 6.42 Å². The first kappa shape index (κ1) is 12.1. The molecule has 0 bridgehead atoms. The fourth-order valence-electron chi connectivity index (χ4n) is 2.01. The lowest BCUT2D eigenvalue weighted by Gasteiger charge is -2.03. The molecule has 96 valence electrons. The van der Waals surface area contributed by atoms with E-state index < -0.39 is 0 Å². The Morgan fingerprint density at radius 3 is 2.89 bits per heavy atom. The van der Waals surface area contributed by atoms with Gasteiger partial charge in [-0.1, -0.05) is 23.4 Å². The molecular formula is C14H12ClN3O. The Bertz CT molecular complexity index is 724. The zero-order chi connectivity index (χ0) is 13.2. The second-order valence-electron chi connectivity index (χ2n) is 4.29. The van der Waals surface area contributed by atoms with Gasteiger partial charge in [-0.15, -0.1) is 11.6 Å². The molecule has 0 fully saturated rings. The molecule has 0 aliphatic carbocycles. The number of aryl methyl sites for hydroxylation is 2. The van der Waals surface area contributed by atoms with Gasteiger partial charge in [-0.05, 0) is 24.6 Å². The summed E-state index contributed by atoms with van der Waals surface area (Å²) in [7, 11) is 0. The topological polar surface area (TPSA) is 51.8 Å². The first-order chi connectivity index (χ1) is 9.28. The van der Waals surface area contributed by atoms with Crippen molar-refractivity contribution in [3.05, 3.63) is 41.8 Å². The number of benzene rings is 1. The molecule has 0 aliphatic heterocycles. The third-order valence-electron chi connectivity index (χ3n) is 2.93. The molecule has 4 nitrogen and oxygen atoms in total. The minimum absolute atomic E-state index is 0.464. The summed E-state index contributed by atoms with van der Waals surface area (Å²) in [5.41, 5.74) is 2.80. The Hall–Kier alpha value is -1.94. The number of fused-ring (bicyclic) bond motifs is 1. The molecule has 3 aromatic rings. The van der Waals surface area contributed by atoms with Crippen LogP contribution in [0.15, 0.2) is 34.9 Å². The molecule has 0 amide bonds. The van der Waals surface area contributed by atoms with Gasteiger partial charge in [0.2, 0.25) is 11.7 Å². The van der Waals surface area contributed by atoms with Crippen molar-refractivity contribution < 1.29 is 4.52 Å². The van der Waals surface area contributed by atoms with Gasteiger partial charge in [0.15, 0.2) is 0 Å². The molecule has 2 heterocycles. The van der Waals surface area contributed by atoms with Crippen molar-refractivity contribution in [3.8, 4) is 11.5 Å². The highest BCUT2D eigenvalue weighted by molar-refractivity contribution is 6.17. The molecular weight excluding hydrogens is 262 g/mol. The molecule has 0 saturated carbocycles. The zero-order valence-corrected chi connectivity index (χ0v) is 11.2. The maximum absolute atomic E-state index is 5.65. The number of rotatable bonds is 3. The van der Waals surface area contributed by atoms with Crippen molar-refractivity contribution in [1.29, 1.82) is 0 Å². The minimum Gasteiger partial charge on any atom is -0.339 e. The summed E-state index contributed by atoms with van der Waals surface area (Å²) in [5, 5.41) is 5.08. The van der Waals surface area contributed by atoms with Crippen molar-refractivity contribution in [3.63, 3.8) is 0 Å². The fourth-order valence-corrected chi connectivity index (χ4v) is 2.17. The molecule has 2 aromatic heterocycles. The van der Waals surface area contributed by atoms with Crippen LogP contribution in [0.4, 0.5) is 0 Å². The van der Waals surface area contributed by atoms with Crippen LogP contribution in [0.1, 0.15) is 11.5 Å². The number of aromatic nitrogens is 3. The Morgan fingerprint density at radius 2 is 2.05 bits per heavy atom. The molecule has 0 N–H and O–H groups in total. The van der Waals surface area contributed by atoms with Crippen molar-refractivity contribution in [1.82, 2.24) is 15.1 Å². The van der Waals surface area contributed by atoms with Crippen molar-refractivity contribution in [2.24, 2.45) is 0 Å². The molecule has 0 atom stereocenters. The van der Waals surface area contributed by atoms with Gasteiger partial charge in [0.1, 0.15) is 5.69 Å². The second kappa shape index (κ2) is 4.97. The zero-order valence-electron chi connectivity index (χ0n) is 10.4. The van der Waals surface area contributed by atoms with Gasteiger partial charge >= 0.3 is 0 Å². The van der Waals surface area contributed by atoms with E-state index in [1.165, 1.54) is 0 Å². The molecule has 0 unspecified atom stereocenters. The van der Waals surface area contributed by atoms with E-state index in [2.05, 4.69) is 21.2 Å². The summed E-state index contributed by atoms with van der Waals surface area (Å²) < 4.78 is 5.13. The first-order valence-corrected chi connectivity index (χ1v) is 6.56. The van der Waals surface area contributed by atoms with Crippen molar-refractivity contribution in [2.75, 3.05) is 5.88 Å². The lowest BCUT2D eigenvalue weighted by molar-refractivity contribution is 0.383. The molecule has 0 aliphatic rings. The highest BCUT2D eigenvalue weighted by atomic mass is 35.5. The summed E-state index contributed by atoms with van der Waals surface area (Å²) in [5.74, 6) is 1.51. The van der Waals surface area contributed by atoms with E-state index >= 15 is 0 Å². The largest absolute Gasteiger partial charge is 0.339 e. The number of pyridine rings is 1. The van der Waals surface area contributed by atoms with E-state index in [0.717, 1.165) is 22.2 Å². The van der Waals surface area contributed by atoms with Crippen LogP contribution in [0.3, 0.4) is 0 Å². The predicted octanol–water partition coefficient (Wildman–Crippen LogP) is 3.37. The average molecular weight is 274 g/mol. The van der Waals surface area contributed by atoms with E-state index in [9.17, 15) is 0 Å². The highest BCUT2D eigenvalue weighted by Crippen LogP contribution is 2.22. The smallest absolute Gasteiger partial charge is 0.228 e. The lowest BCUT2D eigenvalue weighted by Crippen LogP contribution is -1.91. The van der Waals surface area contributed by atoms with Gasteiger partial charge in [0.05, 0.1) is 5.52 Å². The maximum atomic E-state index is 5.65. The van der Waals surface area contributed by atoms with Gasteiger partial charge < -0.3 is 4.52 Å². The summed E-state index contributed by atoms with van der Waals surface area (Å²) in [6, 6.07) is 9.97. The summed E-state index contributed by atoms with van der Waals surface area (Å²) in [6.07, 6.45) is 0.571. The van der Waals surface area contributed by atoms with Crippen LogP contribution in [-0.4, -0.2) is 21.0 Å². The molecule has 1 aromatic carbocycles. The van der Waals surface area contributed by atoms with Crippen LogP contribution in [0.2, 0.25) is 0 Å². The van der Waals surface area contributed by atoms with E-state index in [1.807, 2.05) is 31.2 Å². The molecule has 0 saturated heterocycles. The predicted molar refractivity (Wildman–Crippen MR) is 74.2 cm³/mol. The Labute approximate surface area is 115 Å².